The Kier molecular flexibility index (Phi) is 27.2. The van der Waals surface area contributed by atoms with Crippen molar-refractivity contribution in [2.24, 2.45) is 17.8 Å². The van der Waals surface area contributed by atoms with Gasteiger partial charge in [0.05, 0.1) is 43.9 Å². The summed E-state index contributed by atoms with van der Waals surface area (Å²) < 4.78 is 0.615. The van der Waals surface area contributed by atoms with Crippen LogP contribution >= 0.6 is 0 Å². The summed E-state index contributed by atoms with van der Waals surface area (Å²) in [5, 5.41) is 28.4. The van der Waals surface area contributed by atoms with Gasteiger partial charge >= 0.3 is 17.9 Å². The third kappa shape index (κ3) is 24.9. The van der Waals surface area contributed by atoms with Crippen LogP contribution in [0.1, 0.15) is 169 Å². The molecule has 7 nitrogen and oxygen atoms in total. The summed E-state index contributed by atoms with van der Waals surface area (Å²) in [7, 11) is 0. The number of allylic oxidation sites excluding steroid dienone is 2. The fourth-order valence-corrected chi connectivity index (χ4v) is 6.15. The maximum Gasteiger partial charge on any atom is 0.306 e. The topological polar surface area (TPSA) is 112 Å². The molecule has 0 aromatic rings. The molecule has 0 aliphatic rings. The van der Waals surface area contributed by atoms with Gasteiger partial charge in [-0.05, 0) is 32.6 Å². The number of rotatable bonds is 33. The summed E-state index contributed by atoms with van der Waals surface area (Å²) in [6, 6.07) is 0. The molecule has 0 aliphatic heterocycles. The number of nitrogens with zero attached hydrogens (tertiary/aromatic N) is 1. The Hall–Kier alpha value is -1.89. The average molecular weight is 639 g/mol. The SMILES string of the molecule is C/C=C/CCCCCCCCCCCCCCCCCCCC[N+](CCC(C)C(=O)O)(CCC(C)C(=O)O)CCC(C)C(=O)O. The molecule has 0 rings (SSSR count). The van der Waals surface area contributed by atoms with Crippen LogP contribution < -0.4 is 0 Å². The normalized spacial score (nSPS) is 15.1. The summed E-state index contributed by atoms with van der Waals surface area (Å²) >= 11 is 0. The van der Waals surface area contributed by atoms with E-state index in [0.29, 0.717) is 43.4 Å². The molecule has 3 atom stereocenters. The number of carboxylic acid groups (broad SMARTS) is 3. The molecule has 7 heteroatoms. The van der Waals surface area contributed by atoms with Gasteiger partial charge in [-0.2, -0.15) is 0 Å². The minimum Gasteiger partial charge on any atom is -0.481 e. The standard InChI is InChI=1S/C38H71NO6/c1-5-6-7-8-9-10-11-12-13-14-15-16-17-18-19-20-21-22-23-24-25-29-39(30-26-33(2)36(40)41,31-27-34(3)37(42)43)32-28-35(4)38(44)45/h5-6,33-35H,7-32H2,1-4H3,(H2-,40,41,42,43,44,45)/p+1/b6-5+. The molecule has 0 bridgehead atoms. The molecule has 0 heterocycles. The molecule has 3 unspecified atom stereocenters. The Morgan fingerprint density at radius 3 is 1.00 bits per heavy atom. The Balaban J connectivity index is 4.30. The Bertz CT molecular complexity index is 722. The minimum absolute atomic E-state index is 0.477. The largest absolute Gasteiger partial charge is 0.481 e. The summed E-state index contributed by atoms with van der Waals surface area (Å²) in [5.41, 5.74) is 0. The third-order valence-electron chi connectivity index (χ3n) is 9.86. The number of carbonyl (C=O) groups is 3. The van der Waals surface area contributed by atoms with Crippen LogP contribution in [0.2, 0.25) is 0 Å². The average Bonchev–Trinajstić information content (AvgIpc) is 3.01. The lowest BCUT2D eigenvalue weighted by molar-refractivity contribution is -0.929. The number of hydrogen-bond donors (Lipinski definition) is 3. The predicted octanol–water partition coefficient (Wildman–Crippen LogP) is 10.1. The lowest BCUT2D eigenvalue weighted by Crippen LogP contribution is -2.52. The monoisotopic (exact) mass is 639 g/mol. The zero-order chi connectivity index (χ0) is 33.8. The number of hydrogen-bond acceptors (Lipinski definition) is 3. The molecule has 0 amide bonds. The first kappa shape index (κ1) is 43.1. The molecular weight excluding hydrogens is 566 g/mol. The van der Waals surface area contributed by atoms with Gasteiger partial charge in [0.25, 0.3) is 0 Å². The maximum atomic E-state index is 11.5. The van der Waals surface area contributed by atoms with E-state index in [1.165, 1.54) is 109 Å². The second kappa shape index (κ2) is 28.3. The molecule has 264 valence electrons. The smallest absolute Gasteiger partial charge is 0.306 e. The molecule has 0 aromatic heterocycles. The summed E-state index contributed by atoms with van der Waals surface area (Å²) in [6.45, 7) is 10.0. The van der Waals surface area contributed by atoms with Crippen LogP contribution in [-0.2, 0) is 14.4 Å². The summed E-state index contributed by atoms with van der Waals surface area (Å²) in [6.07, 6.45) is 30.8. The first-order valence-corrected chi connectivity index (χ1v) is 18.7. The van der Waals surface area contributed by atoms with Crippen molar-refractivity contribution < 1.29 is 34.2 Å². The highest BCUT2D eigenvalue weighted by atomic mass is 16.4. The van der Waals surface area contributed by atoms with Crippen LogP contribution in [0.3, 0.4) is 0 Å². The van der Waals surface area contributed by atoms with Crippen LogP contribution in [0.5, 0.6) is 0 Å². The van der Waals surface area contributed by atoms with E-state index in [4.69, 9.17) is 0 Å². The highest BCUT2D eigenvalue weighted by molar-refractivity contribution is 5.70. The van der Waals surface area contributed by atoms with E-state index >= 15 is 0 Å². The van der Waals surface area contributed by atoms with Crippen LogP contribution in [0, 0.1) is 17.8 Å². The second-order valence-electron chi connectivity index (χ2n) is 14.0. The summed E-state index contributed by atoms with van der Waals surface area (Å²) in [4.78, 5) is 34.6. The van der Waals surface area contributed by atoms with E-state index in [0.717, 1.165) is 19.4 Å². The molecule has 0 saturated carbocycles. The maximum absolute atomic E-state index is 11.5. The number of aliphatic carboxylic acids is 3. The zero-order valence-electron chi connectivity index (χ0n) is 29.8. The minimum atomic E-state index is -0.821. The van der Waals surface area contributed by atoms with E-state index in [1.54, 1.807) is 20.8 Å². The molecule has 45 heavy (non-hydrogen) atoms. The van der Waals surface area contributed by atoms with Crippen molar-refractivity contribution in [1.82, 2.24) is 0 Å². The van der Waals surface area contributed by atoms with Gasteiger partial charge in [-0.25, -0.2) is 0 Å². The first-order valence-electron chi connectivity index (χ1n) is 18.7. The van der Waals surface area contributed by atoms with E-state index in [2.05, 4.69) is 19.1 Å². The Labute approximate surface area is 276 Å². The molecule has 0 radical (unpaired) electrons. The predicted molar refractivity (Wildman–Crippen MR) is 187 cm³/mol. The van der Waals surface area contributed by atoms with Gasteiger partial charge < -0.3 is 19.8 Å². The summed E-state index contributed by atoms with van der Waals surface area (Å²) in [5.74, 6) is -3.89. The molecule has 0 aromatic carbocycles. The van der Waals surface area contributed by atoms with Gasteiger partial charge in [0.15, 0.2) is 0 Å². The Morgan fingerprint density at radius 2 is 0.733 bits per heavy atom. The van der Waals surface area contributed by atoms with Crippen LogP contribution in [0.25, 0.3) is 0 Å². The number of carboxylic acids is 3. The van der Waals surface area contributed by atoms with Crippen molar-refractivity contribution in [2.75, 3.05) is 26.2 Å². The van der Waals surface area contributed by atoms with E-state index < -0.39 is 35.7 Å². The molecular formula is C38H72NO6+. The van der Waals surface area contributed by atoms with E-state index in [9.17, 15) is 29.7 Å². The fraction of sp³-hybridized carbons (Fsp3) is 0.868. The first-order chi connectivity index (χ1) is 21.5. The Morgan fingerprint density at radius 1 is 0.467 bits per heavy atom. The molecule has 0 saturated heterocycles. The van der Waals surface area contributed by atoms with Crippen molar-refractivity contribution in [1.29, 1.82) is 0 Å². The highest BCUT2D eigenvalue weighted by Gasteiger charge is 2.31. The zero-order valence-corrected chi connectivity index (χ0v) is 29.8. The van der Waals surface area contributed by atoms with Crippen LogP contribution in [-0.4, -0.2) is 63.9 Å². The van der Waals surface area contributed by atoms with E-state index in [-0.39, 0.29) is 0 Å². The van der Waals surface area contributed by atoms with Crippen molar-refractivity contribution in [3.8, 4) is 0 Å². The van der Waals surface area contributed by atoms with Gasteiger partial charge in [-0.3, -0.25) is 14.4 Å². The van der Waals surface area contributed by atoms with Crippen molar-refractivity contribution in [3.63, 3.8) is 0 Å². The van der Waals surface area contributed by atoms with Crippen molar-refractivity contribution >= 4 is 17.9 Å². The quantitative estimate of drug-likeness (QED) is 0.0375. The number of quaternary nitrogens is 1. The molecule has 0 aliphatic carbocycles. The molecule has 3 N–H and O–H groups in total. The fourth-order valence-electron chi connectivity index (χ4n) is 6.15. The van der Waals surface area contributed by atoms with Gasteiger partial charge in [-0.15, -0.1) is 0 Å². The van der Waals surface area contributed by atoms with Crippen molar-refractivity contribution in [2.45, 2.75) is 169 Å². The number of unbranched alkanes of at least 4 members (excludes halogenated alkanes) is 18. The van der Waals surface area contributed by atoms with Crippen LogP contribution in [0.4, 0.5) is 0 Å². The van der Waals surface area contributed by atoms with Gasteiger partial charge in [0, 0.05) is 19.3 Å². The van der Waals surface area contributed by atoms with Gasteiger partial charge in [0.2, 0.25) is 0 Å². The molecule has 0 fully saturated rings. The van der Waals surface area contributed by atoms with Crippen LogP contribution in [0.15, 0.2) is 12.2 Å². The molecule has 0 spiro atoms. The third-order valence-corrected chi connectivity index (χ3v) is 9.86. The van der Waals surface area contributed by atoms with E-state index in [1.807, 2.05) is 0 Å². The lowest BCUT2D eigenvalue weighted by atomic mass is 10.0. The van der Waals surface area contributed by atoms with Gasteiger partial charge in [0.1, 0.15) is 0 Å². The second-order valence-corrected chi connectivity index (χ2v) is 14.0. The highest BCUT2D eigenvalue weighted by Crippen LogP contribution is 2.22. The lowest BCUT2D eigenvalue weighted by Gasteiger charge is -2.40. The van der Waals surface area contributed by atoms with Gasteiger partial charge in [-0.1, -0.05) is 129 Å². The van der Waals surface area contributed by atoms with Crippen molar-refractivity contribution in [3.05, 3.63) is 12.2 Å².